The minimum atomic E-state index is -3.58. The molecule has 0 amide bonds. The number of likely N-dealkylation sites (N-methyl/N-ethyl adjacent to an activating group) is 1. The Kier molecular flexibility index (Phi) is 4.28. The van der Waals surface area contributed by atoms with E-state index in [0.29, 0.717) is 18.7 Å². The molecule has 0 unspecified atom stereocenters. The zero-order valence-electron chi connectivity index (χ0n) is 11.4. The molecule has 1 saturated heterocycles. The Bertz CT molecular complexity index is 628. The van der Waals surface area contributed by atoms with E-state index in [2.05, 4.69) is 11.8 Å². The summed E-state index contributed by atoms with van der Waals surface area (Å²) in [6.45, 7) is 5.37. The summed E-state index contributed by atoms with van der Waals surface area (Å²) < 4.78 is 26.5. The highest BCUT2D eigenvalue weighted by Gasteiger charge is 2.29. The fourth-order valence-corrected chi connectivity index (χ4v) is 3.80. The Balaban J connectivity index is 2.25. The van der Waals surface area contributed by atoms with Crippen molar-refractivity contribution in [2.24, 2.45) is 0 Å². The molecule has 0 saturated carbocycles. The number of anilines is 1. The summed E-state index contributed by atoms with van der Waals surface area (Å²) >= 11 is 0. The van der Waals surface area contributed by atoms with Crippen molar-refractivity contribution in [1.29, 1.82) is 5.26 Å². The predicted octanol–water partition coefficient (Wildman–Crippen LogP) is 0.467. The second-order valence-corrected chi connectivity index (χ2v) is 6.61. The lowest BCUT2D eigenvalue weighted by molar-refractivity contribution is 0.196. The Morgan fingerprint density at radius 3 is 2.45 bits per heavy atom. The van der Waals surface area contributed by atoms with Gasteiger partial charge in [-0.1, -0.05) is 6.92 Å². The molecule has 1 fully saturated rings. The van der Waals surface area contributed by atoms with E-state index in [1.54, 1.807) is 0 Å². The molecule has 0 spiro atoms. The van der Waals surface area contributed by atoms with Crippen molar-refractivity contribution in [1.82, 2.24) is 9.21 Å². The van der Waals surface area contributed by atoms with Crippen LogP contribution in [0.15, 0.2) is 23.1 Å². The number of piperazine rings is 1. The van der Waals surface area contributed by atoms with Crippen molar-refractivity contribution in [3.05, 3.63) is 23.8 Å². The number of rotatable bonds is 3. The average molecular weight is 294 g/mol. The molecule has 0 radical (unpaired) electrons. The van der Waals surface area contributed by atoms with E-state index in [9.17, 15) is 8.42 Å². The first-order valence-electron chi connectivity index (χ1n) is 6.51. The van der Waals surface area contributed by atoms with Crippen LogP contribution in [0.3, 0.4) is 0 Å². The summed E-state index contributed by atoms with van der Waals surface area (Å²) in [4.78, 5) is 2.29. The number of nitriles is 1. The number of nitrogens with two attached hydrogens (primary N) is 1. The quantitative estimate of drug-likeness (QED) is 0.818. The monoisotopic (exact) mass is 294 g/mol. The summed E-state index contributed by atoms with van der Waals surface area (Å²) in [6, 6.07) is 6.23. The first kappa shape index (κ1) is 14.8. The molecule has 6 nitrogen and oxygen atoms in total. The van der Waals surface area contributed by atoms with Crippen molar-refractivity contribution in [3.8, 4) is 6.07 Å². The SMILES string of the molecule is CCN1CCN(S(=O)(=O)c2ccc(C#N)cc2N)CC1. The standard InChI is InChI=1S/C13H18N4O2S/c1-2-16-5-7-17(8-6-16)20(18,19)13-4-3-11(10-14)9-12(13)15/h3-4,9H,2,5-8,15H2,1H3. The van der Waals surface area contributed by atoms with Gasteiger partial charge in [0.25, 0.3) is 0 Å². The lowest BCUT2D eigenvalue weighted by Crippen LogP contribution is -2.48. The Morgan fingerprint density at radius 2 is 1.95 bits per heavy atom. The third-order valence-corrected chi connectivity index (χ3v) is 5.51. The van der Waals surface area contributed by atoms with E-state index in [1.807, 2.05) is 6.07 Å². The molecule has 7 heteroatoms. The fraction of sp³-hybridized carbons (Fsp3) is 0.462. The summed E-state index contributed by atoms with van der Waals surface area (Å²) in [7, 11) is -3.58. The van der Waals surface area contributed by atoms with Crippen LogP contribution in [-0.2, 0) is 10.0 Å². The second-order valence-electron chi connectivity index (χ2n) is 4.70. The third-order valence-electron chi connectivity index (χ3n) is 3.54. The second kappa shape index (κ2) is 5.79. The number of sulfonamides is 1. The highest BCUT2D eigenvalue weighted by Crippen LogP contribution is 2.24. The number of nitrogen functional groups attached to an aromatic ring is 1. The van der Waals surface area contributed by atoms with Crippen LogP contribution in [0.2, 0.25) is 0 Å². The normalized spacial score (nSPS) is 17.8. The molecule has 1 aromatic rings. The number of benzene rings is 1. The Hall–Kier alpha value is -1.62. The van der Waals surface area contributed by atoms with Crippen molar-refractivity contribution >= 4 is 15.7 Å². The lowest BCUT2D eigenvalue weighted by atomic mass is 10.2. The van der Waals surface area contributed by atoms with Crippen molar-refractivity contribution in [3.63, 3.8) is 0 Å². The van der Waals surface area contributed by atoms with E-state index < -0.39 is 10.0 Å². The topological polar surface area (TPSA) is 90.4 Å². The molecule has 108 valence electrons. The van der Waals surface area contributed by atoms with E-state index in [-0.39, 0.29) is 10.6 Å². The van der Waals surface area contributed by atoms with Gasteiger partial charge in [0.1, 0.15) is 4.90 Å². The van der Waals surface area contributed by atoms with Crippen molar-refractivity contribution < 1.29 is 8.42 Å². The summed E-state index contributed by atoms with van der Waals surface area (Å²) in [5, 5.41) is 8.79. The molecule has 2 N–H and O–H groups in total. The zero-order chi connectivity index (χ0) is 14.8. The van der Waals surface area contributed by atoms with Crippen LogP contribution in [0.1, 0.15) is 12.5 Å². The molecule has 2 rings (SSSR count). The van der Waals surface area contributed by atoms with E-state index in [0.717, 1.165) is 19.6 Å². The van der Waals surface area contributed by atoms with Gasteiger partial charge in [0.2, 0.25) is 10.0 Å². The van der Waals surface area contributed by atoms with Crippen LogP contribution in [0.5, 0.6) is 0 Å². The maximum Gasteiger partial charge on any atom is 0.245 e. The van der Waals surface area contributed by atoms with Crippen LogP contribution >= 0.6 is 0 Å². The van der Waals surface area contributed by atoms with Crippen LogP contribution in [-0.4, -0.2) is 50.3 Å². The van der Waals surface area contributed by atoms with Crippen LogP contribution in [0, 0.1) is 11.3 Å². The van der Waals surface area contributed by atoms with Gasteiger partial charge in [-0.3, -0.25) is 0 Å². The number of nitrogens with zero attached hydrogens (tertiary/aromatic N) is 3. The third kappa shape index (κ3) is 2.77. The van der Waals surface area contributed by atoms with Gasteiger partial charge in [-0.2, -0.15) is 9.57 Å². The maximum atomic E-state index is 12.5. The van der Waals surface area contributed by atoms with E-state index in [1.165, 1.54) is 22.5 Å². The smallest absolute Gasteiger partial charge is 0.245 e. The first-order valence-corrected chi connectivity index (χ1v) is 7.95. The van der Waals surface area contributed by atoms with Crippen molar-refractivity contribution in [2.75, 3.05) is 38.5 Å². The first-order chi connectivity index (χ1) is 9.48. The molecule has 0 atom stereocenters. The largest absolute Gasteiger partial charge is 0.398 e. The van der Waals surface area contributed by atoms with Crippen LogP contribution in [0.4, 0.5) is 5.69 Å². The molecule has 0 aromatic heterocycles. The Labute approximate surface area is 119 Å². The summed E-state index contributed by atoms with van der Waals surface area (Å²) in [6.07, 6.45) is 0. The fourth-order valence-electron chi connectivity index (χ4n) is 2.28. The van der Waals surface area contributed by atoms with Gasteiger partial charge in [-0.25, -0.2) is 8.42 Å². The molecular formula is C13H18N4O2S. The predicted molar refractivity (Wildman–Crippen MR) is 76.4 cm³/mol. The molecular weight excluding hydrogens is 276 g/mol. The van der Waals surface area contributed by atoms with Crippen LogP contribution < -0.4 is 5.73 Å². The van der Waals surface area contributed by atoms with Gasteiger partial charge >= 0.3 is 0 Å². The molecule has 1 aromatic carbocycles. The highest BCUT2D eigenvalue weighted by atomic mass is 32.2. The van der Waals surface area contributed by atoms with Crippen LogP contribution in [0.25, 0.3) is 0 Å². The molecule has 20 heavy (non-hydrogen) atoms. The Morgan fingerprint density at radius 1 is 1.30 bits per heavy atom. The highest BCUT2D eigenvalue weighted by molar-refractivity contribution is 7.89. The number of hydrogen-bond donors (Lipinski definition) is 1. The minimum Gasteiger partial charge on any atom is -0.398 e. The molecule has 1 heterocycles. The zero-order valence-corrected chi connectivity index (χ0v) is 12.2. The van der Waals surface area contributed by atoms with Gasteiger partial charge in [-0.15, -0.1) is 0 Å². The minimum absolute atomic E-state index is 0.0847. The maximum absolute atomic E-state index is 12.5. The molecule has 0 bridgehead atoms. The summed E-state index contributed by atoms with van der Waals surface area (Å²) in [5.74, 6) is 0. The van der Waals surface area contributed by atoms with Gasteiger partial charge in [0.05, 0.1) is 17.3 Å². The number of hydrogen-bond acceptors (Lipinski definition) is 5. The van der Waals surface area contributed by atoms with Gasteiger partial charge in [0, 0.05) is 26.2 Å². The van der Waals surface area contributed by atoms with Gasteiger partial charge < -0.3 is 10.6 Å². The molecule has 1 aliphatic rings. The van der Waals surface area contributed by atoms with Gasteiger partial charge in [-0.05, 0) is 24.7 Å². The summed E-state index contributed by atoms with van der Waals surface area (Å²) in [5.41, 5.74) is 6.26. The van der Waals surface area contributed by atoms with Crippen molar-refractivity contribution in [2.45, 2.75) is 11.8 Å². The molecule has 0 aliphatic carbocycles. The van der Waals surface area contributed by atoms with E-state index >= 15 is 0 Å². The lowest BCUT2D eigenvalue weighted by Gasteiger charge is -2.33. The average Bonchev–Trinajstić information content (AvgIpc) is 2.46. The van der Waals surface area contributed by atoms with Gasteiger partial charge in [0.15, 0.2) is 0 Å². The molecule has 1 aliphatic heterocycles. The van der Waals surface area contributed by atoms with E-state index in [4.69, 9.17) is 11.0 Å².